The Morgan fingerprint density at radius 2 is 1.00 bits per heavy atom. The molecule has 0 saturated carbocycles. The Labute approximate surface area is 151 Å². The number of rotatable bonds is 2. The first kappa shape index (κ1) is 15.6. The minimum absolute atomic E-state index is 1.38. The summed E-state index contributed by atoms with van der Waals surface area (Å²) in [5.41, 5.74) is 5.63. The van der Waals surface area contributed by atoms with Crippen molar-refractivity contribution in [3.8, 4) is 0 Å². The maximum absolute atomic E-state index is 2.27. The average molecular weight is 349 g/mol. The third-order valence-corrected chi connectivity index (χ3v) is 7.72. The molecule has 4 rings (SSSR count). The molecule has 0 bridgehead atoms. The molecule has 0 nitrogen and oxygen atoms in total. The Hall–Kier alpha value is -1.90. The first-order valence-electron chi connectivity index (χ1n) is 8.22. The number of thiophene rings is 2. The molecule has 0 aliphatic heterocycles. The normalized spacial score (nSPS) is 12.8. The van der Waals surface area contributed by atoms with Gasteiger partial charge in [0, 0.05) is 19.2 Å². The summed E-state index contributed by atoms with van der Waals surface area (Å²) in [6.45, 7) is 9.05. The highest BCUT2D eigenvalue weighted by molar-refractivity contribution is 7.21. The lowest BCUT2D eigenvalue weighted by Gasteiger charge is -2.07. The zero-order valence-corrected chi connectivity index (χ0v) is 16.1. The highest BCUT2D eigenvalue weighted by atomic mass is 32.1. The van der Waals surface area contributed by atoms with Crippen LogP contribution in [0.5, 0.6) is 0 Å². The highest BCUT2D eigenvalue weighted by Gasteiger charge is 2.15. The van der Waals surface area contributed by atoms with E-state index in [4.69, 9.17) is 0 Å². The summed E-state index contributed by atoms with van der Waals surface area (Å²) in [6.07, 6.45) is 0. The maximum Gasteiger partial charge on any atom is 0.0352 e. The van der Waals surface area contributed by atoms with E-state index in [1.807, 2.05) is 22.7 Å². The monoisotopic (exact) mass is 348 g/mol. The lowest BCUT2D eigenvalue weighted by molar-refractivity contribution is 1.50. The molecule has 0 radical (unpaired) electrons. The van der Waals surface area contributed by atoms with Gasteiger partial charge in [-0.2, -0.15) is 0 Å². The highest BCUT2D eigenvalue weighted by Crippen LogP contribution is 2.41. The third-order valence-electron chi connectivity index (χ3n) is 4.93. The predicted octanol–water partition coefficient (Wildman–Crippen LogP) is 7.68. The maximum atomic E-state index is 2.27. The van der Waals surface area contributed by atoms with Crippen molar-refractivity contribution in [2.75, 3.05) is 0 Å². The minimum Gasteiger partial charge on any atom is -0.135 e. The summed E-state index contributed by atoms with van der Waals surface area (Å²) in [4.78, 5) is 2.84. The molecule has 0 aliphatic rings. The van der Waals surface area contributed by atoms with Crippen LogP contribution in [0.4, 0.5) is 0 Å². The SMILES string of the molecule is CC(=C(C)c1sc2ccccc2c1C)c1sc2ccccc2c1C. The van der Waals surface area contributed by atoms with E-state index in [0.717, 1.165) is 0 Å². The number of hydrogen-bond acceptors (Lipinski definition) is 2. The second kappa shape index (κ2) is 5.87. The largest absolute Gasteiger partial charge is 0.135 e. The van der Waals surface area contributed by atoms with Gasteiger partial charge in [-0.15, -0.1) is 22.7 Å². The average Bonchev–Trinajstić information content (AvgIpc) is 3.12. The predicted molar refractivity (Wildman–Crippen MR) is 111 cm³/mol. The topological polar surface area (TPSA) is 0 Å². The van der Waals surface area contributed by atoms with Crippen LogP contribution in [0, 0.1) is 13.8 Å². The van der Waals surface area contributed by atoms with Crippen molar-refractivity contribution in [1.29, 1.82) is 0 Å². The van der Waals surface area contributed by atoms with Gasteiger partial charge in [0.15, 0.2) is 0 Å². The van der Waals surface area contributed by atoms with E-state index in [9.17, 15) is 0 Å². The lowest BCUT2D eigenvalue weighted by atomic mass is 10.0. The fourth-order valence-corrected chi connectivity index (χ4v) is 5.94. The summed E-state index contributed by atoms with van der Waals surface area (Å²) < 4.78 is 2.76. The van der Waals surface area contributed by atoms with E-state index in [0.29, 0.717) is 0 Å². The van der Waals surface area contributed by atoms with Crippen LogP contribution in [0.3, 0.4) is 0 Å². The van der Waals surface area contributed by atoms with E-state index in [2.05, 4.69) is 76.2 Å². The molecule has 24 heavy (non-hydrogen) atoms. The molecule has 4 aromatic rings. The molecular weight excluding hydrogens is 328 g/mol. The molecule has 0 amide bonds. The fraction of sp³-hybridized carbons (Fsp3) is 0.182. The smallest absolute Gasteiger partial charge is 0.0352 e. The first-order valence-corrected chi connectivity index (χ1v) is 9.85. The van der Waals surface area contributed by atoms with Crippen LogP contribution in [0.15, 0.2) is 48.5 Å². The second-order valence-electron chi connectivity index (χ2n) is 6.35. The summed E-state index contributed by atoms with van der Waals surface area (Å²) in [7, 11) is 0. The molecular formula is C22H20S2. The Morgan fingerprint density at radius 3 is 1.38 bits per heavy atom. The molecule has 2 aromatic carbocycles. The summed E-state index contributed by atoms with van der Waals surface area (Å²) in [5, 5.41) is 2.77. The van der Waals surface area contributed by atoms with Crippen molar-refractivity contribution >= 4 is 54.0 Å². The quantitative estimate of drug-likeness (QED) is 0.348. The van der Waals surface area contributed by atoms with Crippen molar-refractivity contribution < 1.29 is 0 Å². The lowest BCUT2D eigenvalue weighted by Crippen LogP contribution is -1.85. The van der Waals surface area contributed by atoms with Crippen molar-refractivity contribution in [3.63, 3.8) is 0 Å². The number of fused-ring (bicyclic) bond motifs is 2. The molecule has 120 valence electrons. The zero-order valence-electron chi connectivity index (χ0n) is 14.4. The Bertz CT molecular complexity index is 1000. The summed E-state index contributed by atoms with van der Waals surface area (Å²) in [5.74, 6) is 0. The summed E-state index contributed by atoms with van der Waals surface area (Å²) in [6, 6.07) is 17.4. The standard InChI is InChI=1S/C22H20S2/c1-13(21-15(3)17-9-5-7-11-19(17)23-21)14(2)22-16(4)18-10-6-8-12-20(18)24-22/h5-12H,1-4H3. The van der Waals surface area contributed by atoms with Crippen LogP contribution in [0.1, 0.15) is 34.7 Å². The van der Waals surface area contributed by atoms with E-state index in [-0.39, 0.29) is 0 Å². The van der Waals surface area contributed by atoms with Crippen molar-refractivity contribution in [1.82, 2.24) is 0 Å². The molecule has 2 aromatic heterocycles. The van der Waals surface area contributed by atoms with E-state index < -0.39 is 0 Å². The zero-order chi connectivity index (χ0) is 16.8. The molecule has 0 saturated heterocycles. The van der Waals surface area contributed by atoms with Crippen LogP contribution in [0.2, 0.25) is 0 Å². The van der Waals surface area contributed by atoms with Gasteiger partial charge < -0.3 is 0 Å². The van der Waals surface area contributed by atoms with E-state index in [1.54, 1.807) is 0 Å². The van der Waals surface area contributed by atoms with Crippen LogP contribution in [-0.4, -0.2) is 0 Å². The van der Waals surface area contributed by atoms with Crippen molar-refractivity contribution in [2.24, 2.45) is 0 Å². The number of benzene rings is 2. The molecule has 2 heterocycles. The second-order valence-corrected chi connectivity index (χ2v) is 8.46. The Balaban J connectivity index is 1.93. The van der Waals surface area contributed by atoms with Gasteiger partial charge in [0.1, 0.15) is 0 Å². The minimum atomic E-state index is 1.38. The van der Waals surface area contributed by atoms with Gasteiger partial charge in [-0.05, 0) is 72.9 Å². The van der Waals surface area contributed by atoms with Gasteiger partial charge in [0.2, 0.25) is 0 Å². The molecule has 0 unspecified atom stereocenters. The van der Waals surface area contributed by atoms with E-state index in [1.165, 1.54) is 52.2 Å². The molecule has 0 spiro atoms. The van der Waals surface area contributed by atoms with Gasteiger partial charge in [0.25, 0.3) is 0 Å². The van der Waals surface area contributed by atoms with Crippen molar-refractivity contribution in [2.45, 2.75) is 27.7 Å². The van der Waals surface area contributed by atoms with Gasteiger partial charge in [-0.3, -0.25) is 0 Å². The van der Waals surface area contributed by atoms with E-state index >= 15 is 0 Å². The van der Waals surface area contributed by atoms with Gasteiger partial charge in [-0.25, -0.2) is 0 Å². The van der Waals surface area contributed by atoms with Gasteiger partial charge in [0.05, 0.1) is 0 Å². The Morgan fingerprint density at radius 1 is 0.625 bits per heavy atom. The van der Waals surface area contributed by atoms with Crippen LogP contribution in [0.25, 0.3) is 31.3 Å². The molecule has 2 heteroatoms. The number of allylic oxidation sites excluding steroid dienone is 2. The molecule has 0 N–H and O–H groups in total. The first-order chi connectivity index (χ1) is 11.6. The van der Waals surface area contributed by atoms with Crippen molar-refractivity contribution in [3.05, 3.63) is 69.4 Å². The van der Waals surface area contributed by atoms with Gasteiger partial charge >= 0.3 is 0 Å². The molecule has 0 aliphatic carbocycles. The van der Waals surface area contributed by atoms with Gasteiger partial charge in [-0.1, -0.05) is 36.4 Å². The third kappa shape index (κ3) is 2.33. The van der Waals surface area contributed by atoms with Crippen LogP contribution >= 0.6 is 22.7 Å². The summed E-state index contributed by atoms with van der Waals surface area (Å²) >= 11 is 3.83. The Kier molecular flexibility index (Phi) is 3.82. The number of aryl methyl sites for hydroxylation is 2. The molecule has 0 fully saturated rings. The molecule has 0 atom stereocenters. The van der Waals surface area contributed by atoms with Crippen LogP contribution in [-0.2, 0) is 0 Å². The number of hydrogen-bond donors (Lipinski definition) is 0. The fourth-order valence-electron chi connectivity index (χ4n) is 3.40. The van der Waals surface area contributed by atoms with Crippen LogP contribution < -0.4 is 0 Å².